The first-order valence-electron chi connectivity index (χ1n) is 9.92. The molecule has 2 aromatic carbocycles. The van der Waals surface area contributed by atoms with Gasteiger partial charge in [-0.1, -0.05) is 33.8 Å². The van der Waals surface area contributed by atoms with Gasteiger partial charge in [-0.15, -0.1) is 0 Å². The number of hydrogen-bond donors (Lipinski definition) is 1. The van der Waals surface area contributed by atoms with Crippen molar-refractivity contribution in [3.63, 3.8) is 0 Å². The van der Waals surface area contributed by atoms with Crippen LogP contribution in [0.3, 0.4) is 0 Å². The summed E-state index contributed by atoms with van der Waals surface area (Å²) in [7, 11) is -3.52. The summed E-state index contributed by atoms with van der Waals surface area (Å²) >= 11 is 0. The Morgan fingerprint density at radius 3 is 2.31 bits per heavy atom. The van der Waals surface area contributed by atoms with E-state index in [4.69, 9.17) is 4.74 Å². The van der Waals surface area contributed by atoms with E-state index in [2.05, 4.69) is 19.2 Å². The highest BCUT2D eigenvalue weighted by atomic mass is 32.2. The number of carbonyl (C=O) groups is 1. The summed E-state index contributed by atoms with van der Waals surface area (Å²) in [6, 6.07) is 13.2. The highest BCUT2D eigenvalue weighted by molar-refractivity contribution is 7.89. The number of amides is 1. The van der Waals surface area contributed by atoms with Gasteiger partial charge in [-0.2, -0.15) is 4.31 Å². The van der Waals surface area contributed by atoms with Crippen LogP contribution in [0.1, 0.15) is 44.5 Å². The maximum Gasteiger partial charge on any atom is 0.255 e. The number of sulfonamides is 1. The molecule has 0 radical (unpaired) electrons. The maximum atomic E-state index is 12.5. The van der Waals surface area contributed by atoms with E-state index in [-0.39, 0.29) is 10.8 Å². The van der Waals surface area contributed by atoms with Gasteiger partial charge in [0.2, 0.25) is 10.0 Å². The van der Waals surface area contributed by atoms with Crippen molar-refractivity contribution < 1.29 is 17.9 Å². The van der Waals surface area contributed by atoms with Gasteiger partial charge >= 0.3 is 0 Å². The number of anilines is 1. The van der Waals surface area contributed by atoms with Crippen molar-refractivity contribution in [2.24, 2.45) is 5.92 Å². The lowest BCUT2D eigenvalue weighted by atomic mass is 10.1. The van der Waals surface area contributed by atoms with E-state index in [1.807, 2.05) is 6.07 Å². The minimum atomic E-state index is -3.52. The molecular weight excluding hydrogens is 388 g/mol. The monoisotopic (exact) mass is 418 g/mol. The van der Waals surface area contributed by atoms with Gasteiger partial charge in [0.1, 0.15) is 5.75 Å². The third-order valence-electron chi connectivity index (χ3n) is 4.52. The molecule has 2 rings (SSSR count). The molecule has 0 aromatic heterocycles. The predicted molar refractivity (Wildman–Crippen MR) is 116 cm³/mol. The molecule has 2 aromatic rings. The van der Waals surface area contributed by atoms with Gasteiger partial charge in [0, 0.05) is 24.3 Å². The minimum absolute atomic E-state index is 0.208. The maximum absolute atomic E-state index is 12.5. The van der Waals surface area contributed by atoms with Crippen LogP contribution in [0.2, 0.25) is 0 Å². The second kappa shape index (κ2) is 10.4. The molecule has 0 heterocycles. The van der Waals surface area contributed by atoms with Crippen LogP contribution in [0.5, 0.6) is 5.75 Å². The molecule has 7 heteroatoms. The molecule has 0 bridgehead atoms. The molecule has 0 unspecified atom stereocenters. The molecule has 6 nitrogen and oxygen atoms in total. The first kappa shape index (κ1) is 22.9. The van der Waals surface area contributed by atoms with Crippen molar-refractivity contribution in [3.05, 3.63) is 54.1 Å². The molecule has 0 aliphatic rings. The number of carbonyl (C=O) groups excluding carboxylic acids is 1. The zero-order valence-corrected chi connectivity index (χ0v) is 18.3. The summed E-state index contributed by atoms with van der Waals surface area (Å²) < 4.78 is 32.2. The summed E-state index contributed by atoms with van der Waals surface area (Å²) in [5, 5.41) is 2.79. The Morgan fingerprint density at radius 1 is 1.07 bits per heavy atom. The zero-order valence-electron chi connectivity index (χ0n) is 17.5. The number of ether oxygens (including phenoxy) is 1. The van der Waals surface area contributed by atoms with Gasteiger partial charge < -0.3 is 10.1 Å². The van der Waals surface area contributed by atoms with E-state index in [9.17, 15) is 13.2 Å². The van der Waals surface area contributed by atoms with Crippen molar-refractivity contribution >= 4 is 21.6 Å². The molecular formula is C22H30N2O4S. The van der Waals surface area contributed by atoms with Gasteiger partial charge in [-0.25, -0.2) is 8.42 Å². The smallest absolute Gasteiger partial charge is 0.255 e. The van der Waals surface area contributed by atoms with Crippen molar-refractivity contribution in [2.45, 2.75) is 39.0 Å². The largest absolute Gasteiger partial charge is 0.494 e. The first-order valence-corrected chi connectivity index (χ1v) is 11.4. The number of benzene rings is 2. The summed E-state index contributed by atoms with van der Waals surface area (Å²) in [6.45, 7) is 9.29. The number of nitrogens with one attached hydrogen (secondary N) is 1. The van der Waals surface area contributed by atoms with Crippen LogP contribution in [0.25, 0.3) is 0 Å². The fourth-order valence-electron chi connectivity index (χ4n) is 2.77. The van der Waals surface area contributed by atoms with Crippen LogP contribution < -0.4 is 10.1 Å². The molecule has 1 N–H and O–H groups in total. The molecule has 0 aliphatic carbocycles. The molecule has 29 heavy (non-hydrogen) atoms. The zero-order chi connectivity index (χ0) is 21.4. The van der Waals surface area contributed by atoms with Crippen LogP contribution in [0.4, 0.5) is 5.69 Å². The Balaban J connectivity index is 2.06. The van der Waals surface area contributed by atoms with Crippen molar-refractivity contribution in [1.29, 1.82) is 0 Å². The summed E-state index contributed by atoms with van der Waals surface area (Å²) in [5.41, 5.74) is 1.01. The highest BCUT2D eigenvalue weighted by Gasteiger charge is 2.21. The van der Waals surface area contributed by atoms with Crippen LogP contribution >= 0.6 is 0 Å². The van der Waals surface area contributed by atoms with E-state index in [1.54, 1.807) is 44.2 Å². The van der Waals surface area contributed by atoms with E-state index in [0.29, 0.717) is 42.6 Å². The summed E-state index contributed by atoms with van der Waals surface area (Å²) in [4.78, 5) is 12.7. The first-order chi connectivity index (χ1) is 13.8. The van der Waals surface area contributed by atoms with E-state index in [1.165, 1.54) is 16.4 Å². The topological polar surface area (TPSA) is 75.7 Å². The quantitative estimate of drug-likeness (QED) is 0.621. The van der Waals surface area contributed by atoms with Crippen molar-refractivity contribution in [1.82, 2.24) is 4.31 Å². The summed E-state index contributed by atoms with van der Waals surface area (Å²) in [5.74, 6) is 0.924. The average Bonchev–Trinajstić information content (AvgIpc) is 2.69. The summed E-state index contributed by atoms with van der Waals surface area (Å²) in [6.07, 6.45) is 0.944. The van der Waals surface area contributed by atoms with Crippen LogP contribution in [0.15, 0.2) is 53.4 Å². The Morgan fingerprint density at radius 2 is 1.72 bits per heavy atom. The molecule has 1 amide bonds. The number of nitrogens with zero attached hydrogens (tertiary/aromatic N) is 1. The van der Waals surface area contributed by atoms with E-state index < -0.39 is 10.0 Å². The van der Waals surface area contributed by atoms with Gasteiger partial charge in [0.25, 0.3) is 5.91 Å². The van der Waals surface area contributed by atoms with Crippen LogP contribution in [-0.2, 0) is 10.0 Å². The molecule has 0 aliphatic heterocycles. The van der Waals surface area contributed by atoms with Gasteiger partial charge in [-0.3, -0.25) is 4.79 Å². The Labute approximate surface area is 173 Å². The van der Waals surface area contributed by atoms with Crippen LogP contribution in [-0.4, -0.2) is 38.3 Å². The predicted octanol–water partition coefficient (Wildman–Crippen LogP) is 4.39. The fourth-order valence-corrected chi connectivity index (χ4v) is 4.22. The number of hydrogen-bond acceptors (Lipinski definition) is 4. The molecule has 0 saturated heterocycles. The average molecular weight is 419 g/mol. The highest BCUT2D eigenvalue weighted by Crippen LogP contribution is 2.20. The minimum Gasteiger partial charge on any atom is -0.494 e. The molecule has 0 fully saturated rings. The second-order valence-corrected chi connectivity index (χ2v) is 9.06. The third kappa shape index (κ3) is 6.30. The van der Waals surface area contributed by atoms with E-state index in [0.717, 1.165) is 6.42 Å². The van der Waals surface area contributed by atoms with Gasteiger partial charge in [-0.05, 0) is 54.8 Å². The standard InChI is InChI=1S/C22H30N2O4S/c1-5-24(6-2)29(26,27)21-12-10-19(11-13-21)23-22(25)18-8-7-9-20(16-18)28-15-14-17(3)4/h7-13,16-17H,5-6,14-15H2,1-4H3,(H,23,25). The van der Waals surface area contributed by atoms with Gasteiger partial charge in [0.05, 0.1) is 11.5 Å². The van der Waals surface area contributed by atoms with Crippen LogP contribution in [0, 0.1) is 5.92 Å². The molecule has 0 spiro atoms. The lowest BCUT2D eigenvalue weighted by molar-refractivity contribution is 0.102. The Hall–Kier alpha value is -2.38. The Bertz CT molecular complexity index is 905. The number of rotatable bonds is 10. The van der Waals surface area contributed by atoms with Crippen molar-refractivity contribution in [3.8, 4) is 5.75 Å². The normalized spacial score (nSPS) is 11.7. The van der Waals surface area contributed by atoms with E-state index >= 15 is 0 Å². The SMILES string of the molecule is CCN(CC)S(=O)(=O)c1ccc(NC(=O)c2cccc(OCCC(C)C)c2)cc1. The second-order valence-electron chi connectivity index (χ2n) is 7.13. The Kier molecular flexibility index (Phi) is 8.22. The third-order valence-corrected chi connectivity index (χ3v) is 6.58. The lowest BCUT2D eigenvalue weighted by Crippen LogP contribution is -2.30. The molecule has 0 atom stereocenters. The lowest BCUT2D eigenvalue weighted by Gasteiger charge is -2.18. The van der Waals surface area contributed by atoms with Crippen molar-refractivity contribution in [2.75, 3.05) is 25.0 Å². The fraction of sp³-hybridized carbons (Fsp3) is 0.409. The molecule has 158 valence electrons. The molecule has 0 saturated carbocycles. The van der Waals surface area contributed by atoms with Gasteiger partial charge in [0.15, 0.2) is 0 Å².